The minimum absolute atomic E-state index is 0.00187. The fraction of sp³-hybridized carbons (Fsp3) is 0.534. The standard InChI is InChI=1S/C58H68F2N10O9/c1-4-40-43(59)9-7-34-27-37(71)28-41(48(34)40)50-49(60)51-42(30-61-50)52(68-21-5-18-57(2,76)32-68)64-54(63-51)78-33-58-19-6-22-69(58)36(13-20-58)31-77-56(75)67-23-14-35(15-24-67)66-25-16-38(17-26-66)79-39-8-10-44-46(29-39)65(3)55(74)70(44)45-11-12-47(72)62-53(45)73/h7-10,27-30,35-36,38,45,71,76H,4-6,11-26,31-33H2,1-3H3,(H,62,72,73)/t36-,45?,57+,58-/m0/s1. The number of phenolic OH excluding ortho intramolecular Hbond substituents is 1. The van der Waals surface area contributed by atoms with E-state index in [0.29, 0.717) is 89.3 Å². The van der Waals surface area contributed by atoms with Crippen LogP contribution in [0.15, 0.2) is 53.5 Å². The number of aromatic hydroxyl groups is 1. The lowest BCUT2D eigenvalue weighted by Crippen LogP contribution is -2.51. The van der Waals surface area contributed by atoms with Gasteiger partial charge in [-0.15, -0.1) is 0 Å². The molecule has 6 aromatic rings. The number of aromatic nitrogens is 5. The van der Waals surface area contributed by atoms with Crippen LogP contribution >= 0.6 is 0 Å². The number of halogens is 2. The van der Waals surface area contributed by atoms with Crippen molar-refractivity contribution in [2.45, 2.75) is 133 Å². The van der Waals surface area contributed by atoms with Crippen LogP contribution in [0.25, 0.3) is 44.0 Å². The van der Waals surface area contributed by atoms with Crippen molar-refractivity contribution >= 4 is 56.4 Å². The zero-order valence-electron chi connectivity index (χ0n) is 45.0. The van der Waals surface area contributed by atoms with E-state index in [1.807, 2.05) is 34.9 Å². The first-order valence-corrected chi connectivity index (χ1v) is 28.1. The Kier molecular flexibility index (Phi) is 14.0. The highest BCUT2D eigenvalue weighted by Crippen LogP contribution is 2.44. The third-order valence-corrected chi connectivity index (χ3v) is 17.9. The molecule has 6 saturated heterocycles. The van der Waals surface area contributed by atoms with Crippen molar-refractivity contribution in [1.29, 1.82) is 0 Å². The van der Waals surface area contributed by atoms with Crippen molar-refractivity contribution in [3.8, 4) is 28.8 Å². The smallest absolute Gasteiger partial charge is 0.409 e. The van der Waals surface area contributed by atoms with E-state index in [-0.39, 0.29) is 96.5 Å². The summed E-state index contributed by atoms with van der Waals surface area (Å²) in [6, 6.07) is 10.9. The average Bonchev–Trinajstić information content (AvgIpc) is 4.33. The van der Waals surface area contributed by atoms with Gasteiger partial charge in [0.15, 0.2) is 5.82 Å². The number of anilines is 1. The van der Waals surface area contributed by atoms with Gasteiger partial charge in [-0.25, -0.2) is 18.4 Å². The number of rotatable bonds is 12. The number of amides is 3. The molecule has 21 heteroatoms. The number of carbonyl (C=O) groups is 3. The Bertz CT molecular complexity index is 3450. The van der Waals surface area contributed by atoms with Crippen LogP contribution in [0.3, 0.4) is 0 Å². The number of piperidine rings is 4. The third kappa shape index (κ3) is 9.89. The average molecular weight is 1090 g/mol. The number of pyridine rings is 1. The second-order valence-corrected chi connectivity index (χ2v) is 23.0. The molecule has 3 amide bonds. The number of phenols is 1. The number of nitrogens with one attached hydrogen (secondary N) is 1. The number of fused-ring (bicyclic) bond motifs is 4. The molecular formula is C58H68F2N10O9. The van der Waals surface area contributed by atoms with Gasteiger partial charge in [-0.3, -0.25) is 38.8 Å². The highest BCUT2D eigenvalue weighted by atomic mass is 19.1. The topological polar surface area (TPSA) is 210 Å². The van der Waals surface area contributed by atoms with E-state index in [2.05, 4.69) is 20.1 Å². The summed E-state index contributed by atoms with van der Waals surface area (Å²) in [6.45, 7) is 8.64. The van der Waals surface area contributed by atoms with Crippen molar-refractivity contribution in [3.05, 3.63) is 76.3 Å². The Balaban J connectivity index is 0.665. The third-order valence-electron chi connectivity index (χ3n) is 17.9. The van der Waals surface area contributed by atoms with Gasteiger partial charge in [-0.2, -0.15) is 9.97 Å². The fourth-order valence-electron chi connectivity index (χ4n) is 13.8. The molecule has 3 aromatic carbocycles. The van der Waals surface area contributed by atoms with Crippen molar-refractivity contribution in [2.24, 2.45) is 7.05 Å². The number of aryl methyl sites for hydroxylation is 2. The van der Waals surface area contributed by atoms with Crippen LogP contribution in [0.4, 0.5) is 19.4 Å². The van der Waals surface area contributed by atoms with E-state index in [0.717, 1.165) is 71.0 Å². The van der Waals surface area contributed by atoms with Crippen LogP contribution < -0.4 is 25.4 Å². The van der Waals surface area contributed by atoms with Crippen LogP contribution in [-0.4, -0.2) is 155 Å². The van der Waals surface area contributed by atoms with Gasteiger partial charge in [-0.1, -0.05) is 13.0 Å². The molecule has 0 bridgehead atoms. The number of aliphatic hydroxyl groups is 1. The van der Waals surface area contributed by atoms with E-state index < -0.39 is 29.2 Å². The molecule has 6 aliphatic heterocycles. The normalized spacial score (nSPS) is 24.7. The number of benzene rings is 3. The second-order valence-electron chi connectivity index (χ2n) is 23.0. The van der Waals surface area contributed by atoms with Crippen LogP contribution in [0, 0.1) is 11.6 Å². The highest BCUT2D eigenvalue weighted by molar-refractivity contribution is 6.02. The van der Waals surface area contributed by atoms with Crippen molar-refractivity contribution in [2.75, 3.05) is 63.9 Å². The number of imidazole rings is 1. The number of likely N-dealkylation sites (tertiary alicyclic amines) is 2. The lowest BCUT2D eigenvalue weighted by Gasteiger charge is -2.41. The molecular weight excluding hydrogens is 1020 g/mol. The quantitative estimate of drug-likeness (QED) is 0.107. The second kappa shape index (κ2) is 20.9. The summed E-state index contributed by atoms with van der Waals surface area (Å²) in [5, 5.41) is 25.6. The Labute approximate surface area is 455 Å². The number of β-amino-alcohol motifs (C(OH)–C–C–N with tert-alkyl or cyclic N) is 1. The summed E-state index contributed by atoms with van der Waals surface area (Å²) in [7, 11) is 1.67. The minimum atomic E-state index is -1.01. The maximum absolute atomic E-state index is 17.3. The van der Waals surface area contributed by atoms with Crippen molar-refractivity contribution in [3.63, 3.8) is 0 Å². The van der Waals surface area contributed by atoms with E-state index in [1.165, 1.54) is 33.5 Å². The maximum Gasteiger partial charge on any atom is 0.409 e. The van der Waals surface area contributed by atoms with E-state index in [9.17, 15) is 29.4 Å². The predicted molar refractivity (Wildman–Crippen MR) is 290 cm³/mol. The largest absolute Gasteiger partial charge is 0.508 e. The first-order valence-electron chi connectivity index (χ1n) is 28.1. The summed E-state index contributed by atoms with van der Waals surface area (Å²) >= 11 is 0. The number of nitrogens with zero attached hydrogens (tertiary/aromatic N) is 9. The number of hydrogen-bond acceptors (Lipinski definition) is 15. The predicted octanol–water partition coefficient (Wildman–Crippen LogP) is 6.89. The fourth-order valence-corrected chi connectivity index (χ4v) is 13.8. The zero-order chi connectivity index (χ0) is 54.9. The summed E-state index contributed by atoms with van der Waals surface area (Å²) in [4.78, 5) is 74.1. The van der Waals surface area contributed by atoms with Crippen LogP contribution in [0.1, 0.15) is 103 Å². The number of hydrogen-bond donors (Lipinski definition) is 3. The van der Waals surface area contributed by atoms with Gasteiger partial charge >= 0.3 is 17.8 Å². The zero-order valence-corrected chi connectivity index (χ0v) is 45.0. The van der Waals surface area contributed by atoms with Crippen molar-refractivity contribution < 1.29 is 47.6 Å². The van der Waals surface area contributed by atoms with Gasteiger partial charge in [0.05, 0.1) is 27.6 Å². The van der Waals surface area contributed by atoms with Crippen LogP contribution in [0.2, 0.25) is 0 Å². The molecule has 12 rings (SSSR count). The molecule has 1 unspecified atom stereocenters. The molecule has 0 radical (unpaired) electrons. The molecule has 9 heterocycles. The molecule has 19 nitrogen and oxygen atoms in total. The molecule has 6 fully saturated rings. The van der Waals surface area contributed by atoms with Gasteiger partial charge < -0.3 is 34.2 Å². The first-order chi connectivity index (χ1) is 38.1. The van der Waals surface area contributed by atoms with E-state index >= 15 is 8.78 Å². The molecule has 0 spiro atoms. The summed E-state index contributed by atoms with van der Waals surface area (Å²) < 4.78 is 54.6. The monoisotopic (exact) mass is 1090 g/mol. The highest BCUT2D eigenvalue weighted by Gasteiger charge is 2.50. The van der Waals surface area contributed by atoms with Gasteiger partial charge in [0.25, 0.3) is 0 Å². The first kappa shape index (κ1) is 52.7. The Morgan fingerprint density at radius 3 is 2.47 bits per heavy atom. The minimum Gasteiger partial charge on any atom is -0.508 e. The van der Waals surface area contributed by atoms with E-state index in [1.54, 1.807) is 20.0 Å². The molecule has 0 aliphatic carbocycles. The van der Waals surface area contributed by atoms with Gasteiger partial charge in [0, 0.05) is 82.6 Å². The summed E-state index contributed by atoms with van der Waals surface area (Å²) in [6.07, 6.45) is 10.0. The molecule has 6 aliphatic rings. The molecule has 4 atom stereocenters. The molecule has 0 saturated carbocycles. The number of carbonyl (C=O) groups excluding carboxylic acids is 3. The van der Waals surface area contributed by atoms with Gasteiger partial charge in [0.1, 0.15) is 59.7 Å². The van der Waals surface area contributed by atoms with Crippen LogP contribution in [0.5, 0.6) is 17.5 Å². The van der Waals surface area contributed by atoms with Crippen LogP contribution in [-0.2, 0) is 27.8 Å². The van der Waals surface area contributed by atoms with Crippen molar-refractivity contribution in [1.82, 2.24) is 44.1 Å². The molecule has 3 aromatic heterocycles. The SMILES string of the molecule is CCc1c(F)ccc2cc(O)cc(-c3ncc4c(N5CCC[C@@](C)(O)C5)nc(OC[C@@]56CCCN5[C@H](COC(=O)N5CCC(N7CCC(Oc8ccc9c(c8)n(C)c(=O)n9C8CCC(=O)NC8=O)CC7)CC5)CC6)nc4c3F)c12. The van der Waals surface area contributed by atoms with Gasteiger partial charge in [0.2, 0.25) is 11.8 Å². The Morgan fingerprint density at radius 2 is 1.70 bits per heavy atom. The number of imide groups is 1. The summed E-state index contributed by atoms with van der Waals surface area (Å²) in [5.74, 6) is -1.07. The lowest BCUT2D eigenvalue weighted by molar-refractivity contribution is -0.135. The Hall–Kier alpha value is -6.97. The van der Waals surface area contributed by atoms with Gasteiger partial charge in [-0.05, 0) is 137 Å². The number of ether oxygens (including phenoxy) is 3. The molecule has 3 N–H and O–H groups in total. The van der Waals surface area contributed by atoms with E-state index in [4.69, 9.17) is 24.2 Å². The summed E-state index contributed by atoms with van der Waals surface area (Å²) in [5.41, 5.74) is 0.0650. The lowest BCUT2D eigenvalue weighted by atomic mass is 9.94. The maximum atomic E-state index is 17.3. The Morgan fingerprint density at radius 1 is 0.899 bits per heavy atom. The molecule has 418 valence electrons. The molecule has 79 heavy (non-hydrogen) atoms.